The van der Waals surface area contributed by atoms with E-state index in [1.165, 1.54) is 12.1 Å². The highest BCUT2D eigenvalue weighted by atomic mass is 32.2. The van der Waals surface area contributed by atoms with Gasteiger partial charge in [0.2, 0.25) is 0 Å². The van der Waals surface area contributed by atoms with Crippen molar-refractivity contribution in [2.24, 2.45) is 0 Å². The highest BCUT2D eigenvalue weighted by Gasteiger charge is 2.26. The maximum Gasteiger partial charge on any atom is 0.411 e. The van der Waals surface area contributed by atoms with Crippen molar-refractivity contribution in [1.82, 2.24) is 9.21 Å². The van der Waals surface area contributed by atoms with Gasteiger partial charge in [-0.3, -0.25) is 9.21 Å². The van der Waals surface area contributed by atoms with Crippen LogP contribution in [0.4, 0.5) is 13.2 Å². The summed E-state index contributed by atoms with van der Waals surface area (Å²) in [6.07, 6.45) is -3.60. The van der Waals surface area contributed by atoms with Crippen LogP contribution in [-0.4, -0.2) is 63.2 Å². The molecule has 1 aliphatic rings. The van der Waals surface area contributed by atoms with Gasteiger partial charge >= 0.3 is 6.18 Å². The monoisotopic (exact) mass is 392 g/mol. The number of halogens is 3. The molecule has 0 amide bonds. The number of benzene rings is 1. The largest absolute Gasteiger partial charge is 0.411 e. The van der Waals surface area contributed by atoms with Crippen LogP contribution < -0.4 is 0 Å². The second kappa shape index (κ2) is 8.88. The van der Waals surface area contributed by atoms with Crippen LogP contribution in [0.3, 0.4) is 0 Å². The Bertz CT molecular complexity index is 697. The van der Waals surface area contributed by atoms with Crippen molar-refractivity contribution in [3.63, 3.8) is 0 Å². The lowest BCUT2D eigenvalue weighted by molar-refractivity contribution is -0.0804. The molecule has 0 N–H and O–H groups in total. The Balaban J connectivity index is 2.11. The molecule has 5 nitrogen and oxygen atoms in total. The fraction of sp³-hybridized carbons (Fsp3) is 0.529. The number of aryl methyl sites for hydroxylation is 1. The fourth-order valence-corrected chi connectivity index (χ4v) is 3.90. The molecule has 0 spiro atoms. The third kappa shape index (κ3) is 6.30. The third-order valence-electron chi connectivity index (χ3n) is 4.01. The van der Waals surface area contributed by atoms with Gasteiger partial charge in [0.05, 0.1) is 18.1 Å². The standard InChI is InChI=1S/C17H23F3N2O3S/c1-15-3-5-16(6-4-15)26(23,24)22(10-7-17(18,19)20)9-2-8-21-11-13-25-14-12-21/h3-7,10H,2,8-9,11-14H2,1H3/b10-7-. The van der Waals surface area contributed by atoms with Gasteiger partial charge in [-0.2, -0.15) is 13.2 Å². The molecule has 0 saturated carbocycles. The van der Waals surface area contributed by atoms with Gasteiger partial charge in [0.1, 0.15) is 0 Å². The fourth-order valence-electron chi connectivity index (χ4n) is 2.56. The van der Waals surface area contributed by atoms with E-state index in [-0.39, 0.29) is 17.5 Å². The first-order valence-corrected chi connectivity index (χ1v) is 9.77. The van der Waals surface area contributed by atoms with Gasteiger partial charge in [0, 0.05) is 38.5 Å². The molecular weight excluding hydrogens is 369 g/mol. The molecular formula is C17H23F3N2O3S. The highest BCUT2D eigenvalue weighted by molar-refractivity contribution is 7.89. The molecule has 9 heteroatoms. The number of alkyl halides is 3. The summed E-state index contributed by atoms with van der Waals surface area (Å²) >= 11 is 0. The maximum absolute atomic E-state index is 12.7. The summed E-state index contributed by atoms with van der Waals surface area (Å²) in [5.74, 6) is 0. The van der Waals surface area contributed by atoms with Crippen molar-refractivity contribution in [2.45, 2.75) is 24.4 Å². The van der Waals surface area contributed by atoms with Gasteiger partial charge in [0.25, 0.3) is 10.0 Å². The third-order valence-corrected chi connectivity index (χ3v) is 5.80. The van der Waals surface area contributed by atoms with E-state index in [1.54, 1.807) is 19.1 Å². The summed E-state index contributed by atoms with van der Waals surface area (Å²) in [5.41, 5.74) is 0.869. The molecule has 0 atom stereocenters. The molecule has 2 rings (SSSR count). The lowest BCUT2D eigenvalue weighted by Crippen LogP contribution is -2.38. The van der Waals surface area contributed by atoms with Crippen molar-refractivity contribution in [3.8, 4) is 0 Å². The molecule has 1 saturated heterocycles. The summed E-state index contributed by atoms with van der Waals surface area (Å²) < 4.78 is 69.1. The molecule has 1 aliphatic heterocycles. The number of sulfonamides is 1. The van der Waals surface area contributed by atoms with Gasteiger partial charge in [-0.15, -0.1) is 0 Å². The van der Waals surface area contributed by atoms with E-state index in [4.69, 9.17) is 4.74 Å². The van der Waals surface area contributed by atoms with Gasteiger partial charge in [0.15, 0.2) is 0 Å². The summed E-state index contributed by atoms with van der Waals surface area (Å²) in [6.45, 7) is 5.08. The number of rotatable bonds is 7. The topological polar surface area (TPSA) is 49.9 Å². The van der Waals surface area contributed by atoms with Gasteiger partial charge in [-0.05, 0) is 25.5 Å². The normalized spacial score (nSPS) is 16.9. The SMILES string of the molecule is Cc1ccc(S(=O)(=O)N(/C=C\C(F)(F)F)CCCN2CCOCC2)cc1. The quantitative estimate of drug-likeness (QED) is 0.716. The average Bonchev–Trinajstić information content (AvgIpc) is 2.58. The Morgan fingerprint density at radius 3 is 2.38 bits per heavy atom. The average molecular weight is 392 g/mol. The van der Waals surface area contributed by atoms with E-state index in [0.717, 1.165) is 23.0 Å². The number of ether oxygens (including phenoxy) is 1. The zero-order valence-corrected chi connectivity index (χ0v) is 15.4. The van der Waals surface area contributed by atoms with Crippen molar-refractivity contribution >= 4 is 10.0 Å². The van der Waals surface area contributed by atoms with E-state index in [2.05, 4.69) is 4.90 Å². The molecule has 1 aromatic carbocycles. The van der Waals surface area contributed by atoms with Crippen molar-refractivity contribution in [3.05, 3.63) is 42.1 Å². The molecule has 0 aromatic heterocycles. The highest BCUT2D eigenvalue weighted by Crippen LogP contribution is 2.21. The summed E-state index contributed by atoms with van der Waals surface area (Å²) in [7, 11) is -4.04. The molecule has 1 heterocycles. The van der Waals surface area contributed by atoms with E-state index in [0.29, 0.717) is 32.4 Å². The number of morpholine rings is 1. The minimum absolute atomic E-state index is 0.0266. The summed E-state index contributed by atoms with van der Waals surface area (Å²) in [4.78, 5) is 2.08. The lowest BCUT2D eigenvalue weighted by Gasteiger charge is -2.28. The minimum Gasteiger partial charge on any atom is -0.379 e. The Labute approximate surface area is 152 Å². The number of allylic oxidation sites excluding steroid dienone is 1. The summed E-state index contributed by atoms with van der Waals surface area (Å²) in [5, 5.41) is 0. The van der Waals surface area contributed by atoms with Crippen LogP contribution in [0.5, 0.6) is 0 Å². The second-order valence-electron chi connectivity index (χ2n) is 6.09. The molecule has 26 heavy (non-hydrogen) atoms. The van der Waals surface area contributed by atoms with E-state index >= 15 is 0 Å². The number of nitrogens with zero attached hydrogens (tertiary/aromatic N) is 2. The maximum atomic E-state index is 12.7. The first-order valence-electron chi connectivity index (χ1n) is 8.33. The van der Waals surface area contributed by atoms with Gasteiger partial charge in [-0.25, -0.2) is 8.42 Å². The molecule has 1 fully saturated rings. The Kier molecular flexibility index (Phi) is 7.08. The van der Waals surface area contributed by atoms with Crippen LogP contribution in [0, 0.1) is 6.92 Å². The van der Waals surface area contributed by atoms with Crippen LogP contribution in [0.1, 0.15) is 12.0 Å². The first-order chi connectivity index (χ1) is 12.2. The van der Waals surface area contributed by atoms with Crippen LogP contribution in [0.25, 0.3) is 0 Å². The molecule has 1 aromatic rings. The van der Waals surface area contributed by atoms with Gasteiger partial charge < -0.3 is 4.74 Å². The Morgan fingerprint density at radius 2 is 1.81 bits per heavy atom. The number of hydrogen-bond donors (Lipinski definition) is 0. The second-order valence-corrected chi connectivity index (χ2v) is 7.98. The van der Waals surface area contributed by atoms with E-state index in [1.807, 2.05) is 0 Å². The van der Waals surface area contributed by atoms with Crippen LogP contribution in [0.2, 0.25) is 0 Å². The van der Waals surface area contributed by atoms with E-state index < -0.39 is 16.2 Å². The zero-order chi connectivity index (χ0) is 19.2. The molecule has 0 aliphatic carbocycles. The lowest BCUT2D eigenvalue weighted by atomic mass is 10.2. The minimum atomic E-state index is -4.58. The first kappa shape index (κ1) is 20.7. The van der Waals surface area contributed by atoms with Crippen molar-refractivity contribution in [2.75, 3.05) is 39.4 Å². The predicted molar refractivity (Wildman–Crippen MR) is 92.1 cm³/mol. The van der Waals surface area contributed by atoms with Gasteiger partial charge in [-0.1, -0.05) is 17.7 Å². The Morgan fingerprint density at radius 1 is 1.19 bits per heavy atom. The summed E-state index contributed by atoms with van der Waals surface area (Å²) in [6, 6.07) is 6.04. The van der Waals surface area contributed by atoms with Crippen molar-refractivity contribution < 1.29 is 26.3 Å². The number of hydrogen-bond acceptors (Lipinski definition) is 4. The van der Waals surface area contributed by atoms with E-state index in [9.17, 15) is 21.6 Å². The Hall–Kier alpha value is -1.58. The molecule has 0 radical (unpaired) electrons. The molecule has 0 unspecified atom stereocenters. The zero-order valence-electron chi connectivity index (χ0n) is 14.6. The molecule has 0 bridgehead atoms. The van der Waals surface area contributed by atoms with Crippen LogP contribution in [0.15, 0.2) is 41.4 Å². The van der Waals surface area contributed by atoms with Crippen LogP contribution >= 0.6 is 0 Å². The molecule has 146 valence electrons. The smallest absolute Gasteiger partial charge is 0.379 e. The predicted octanol–water partition coefficient (Wildman–Crippen LogP) is 2.78. The van der Waals surface area contributed by atoms with Crippen molar-refractivity contribution in [1.29, 1.82) is 0 Å². The van der Waals surface area contributed by atoms with Crippen LogP contribution in [-0.2, 0) is 14.8 Å².